The zero-order valence-electron chi connectivity index (χ0n) is 8.97. The molecule has 0 unspecified atom stereocenters. The summed E-state index contributed by atoms with van der Waals surface area (Å²) in [4.78, 5) is 3.96. The molecule has 1 heterocycles. The Morgan fingerprint density at radius 3 is 2.47 bits per heavy atom. The van der Waals surface area contributed by atoms with Crippen LogP contribution in [0.15, 0.2) is 42.6 Å². The topological polar surface area (TPSA) is 36.7 Å². The summed E-state index contributed by atoms with van der Waals surface area (Å²) in [5.41, 5.74) is 2.23. The van der Waals surface area contributed by atoms with E-state index in [2.05, 4.69) is 4.98 Å². The van der Waals surface area contributed by atoms with Gasteiger partial charge in [0.05, 0.1) is 5.02 Å². The van der Waals surface area contributed by atoms with Crippen LogP contribution < -0.4 is 0 Å². The van der Waals surface area contributed by atoms with Gasteiger partial charge in [0.2, 0.25) is 0 Å². The predicted octanol–water partition coefficient (Wildman–Crippen LogP) is 3.78. The van der Waals surface area contributed by atoms with Gasteiger partial charge in [-0.2, -0.15) is 5.26 Å². The van der Waals surface area contributed by atoms with Crippen LogP contribution in [-0.2, 0) is 0 Å². The van der Waals surface area contributed by atoms with Crippen molar-refractivity contribution in [3.63, 3.8) is 0 Å². The van der Waals surface area contributed by atoms with Crippen LogP contribution in [0.4, 0.5) is 0 Å². The van der Waals surface area contributed by atoms with Gasteiger partial charge in [0.15, 0.2) is 5.69 Å². The first-order valence-electron chi connectivity index (χ1n) is 5.08. The molecule has 1 aromatic carbocycles. The first-order valence-corrected chi connectivity index (χ1v) is 5.46. The van der Waals surface area contributed by atoms with Crippen LogP contribution in [-0.4, -0.2) is 4.98 Å². The van der Waals surface area contributed by atoms with Gasteiger partial charge in [0, 0.05) is 6.20 Å². The molecule has 0 bridgehead atoms. The average molecular weight is 241 g/mol. The Kier molecular flexibility index (Phi) is 3.54. The number of pyridine rings is 1. The van der Waals surface area contributed by atoms with Crippen LogP contribution in [0.2, 0.25) is 5.02 Å². The first kappa shape index (κ1) is 11.4. The fraction of sp³-hybridized carbons (Fsp3) is 0. The smallest absolute Gasteiger partial charge is 0.159 e. The van der Waals surface area contributed by atoms with Crippen molar-refractivity contribution in [1.82, 2.24) is 4.98 Å². The molecule has 0 saturated carbocycles. The Morgan fingerprint density at radius 2 is 1.82 bits per heavy atom. The van der Waals surface area contributed by atoms with E-state index in [-0.39, 0.29) is 5.69 Å². The first-order chi connectivity index (χ1) is 8.29. The summed E-state index contributed by atoms with van der Waals surface area (Å²) in [5, 5.41) is 9.08. The lowest BCUT2D eigenvalue weighted by atomic mass is 10.1. The van der Waals surface area contributed by atoms with Crippen molar-refractivity contribution in [1.29, 1.82) is 5.26 Å². The minimum atomic E-state index is 0.253. The fourth-order valence-electron chi connectivity index (χ4n) is 1.38. The molecule has 2 rings (SSSR count). The molecule has 0 N–H and O–H groups in total. The largest absolute Gasteiger partial charge is 0.243 e. The van der Waals surface area contributed by atoms with E-state index in [9.17, 15) is 0 Å². The highest BCUT2D eigenvalue weighted by molar-refractivity contribution is 6.31. The molecule has 2 aromatic rings. The van der Waals surface area contributed by atoms with Gasteiger partial charge in [-0.15, -0.1) is 0 Å². The second-order valence-corrected chi connectivity index (χ2v) is 3.86. The number of halogens is 1. The van der Waals surface area contributed by atoms with Gasteiger partial charge in [-0.1, -0.05) is 54.1 Å². The third kappa shape index (κ3) is 2.93. The average Bonchev–Trinajstić information content (AvgIpc) is 2.38. The number of hydrogen-bond acceptors (Lipinski definition) is 2. The normalized spacial score (nSPS) is 10.4. The number of nitrogens with zero attached hydrogens (tertiary/aromatic N) is 2. The Hall–Kier alpha value is -2.11. The van der Waals surface area contributed by atoms with Gasteiger partial charge in [0.25, 0.3) is 0 Å². The van der Waals surface area contributed by atoms with E-state index in [0.717, 1.165) is 11.1 Å². The predicted molar refractivity (Wildman–Crippen MR) is 69.3 cm³/mol. The number of rotatable bonds is 2. The second-order valence-electron chi connectivity index (χ2n) is 3.45. The molecule has 1 aromatic heterocycles. The third-order valence-corrected chi connectivity index (χ3v) is 2.52. The van der Waals surface area contributed by atoms with Crippen LogP contribution in [0.25, 0.3) is 12.2 Å². The van der Waals surface area contributed by atoms with E-state index in [1.807, 2.05) is 48.6 Å². The molecule has 0 fully saturated rings. The Balaban J connectivity index is 2.23. The lowest BCUT2D eigenvalue weighted by molar-refractivity contribution is 1.26. The van der Waals surface area contributed by atoms with E-state index < -0.39 is 0 Å². The zero-order valence-corrected chi connectivity index (χ0v) is 9.72. The van der Waals surface area contributed by atoms with Crippen LogP contribution in [0.3, 0.4) is 0 Å². The zero-order chi connectivity index (χ0) is 12.1. The molecule has 0 radical (unpaired) electrons. The maximum Gasteiger partial charge on any atom is 0.159 e. The van der Waals surface area contributed by atoms with Gasteiger partial charge in [0.1, 0.15) is 6.07 Å². The van der Waals surface area contributed by atoms with Crippen molar-refractivity contribution < 1.29 is 0 Å². The highest BCUT2D eigenvalue weighted by Crippen LogP contribution is 2.16. The third-order valence-electron chi connectivity index (χ3n) is 2.24. The number of nitriles is 1. The SMILES string of the molecule is N#Cc1ncc(/C=C/c2ccccc2)cc1Cl. The van der Waals surface area contributed by atoms with E-state index in [1.165, 1.54) is 0 Å². The van der Waals surface area contributed by atoms with E-state index in [0.29, 0.717) is 5.02 Å². The van der Waals surface area contributed by atoms with Crippen molar-refractivity contribution in [2.24, 2.45) is 0 Å². The summed E-state index contributed by atoms with van der Waals surface area (Å²) in [6.07, 6.45) is 5.51. The number of benzene rings is 1. The van der Waals surface area contributed by atoms with Gasteiger partial charge < -0.3 is 0 Å². The Labute approximate surface area is 105 Å². The molecule has 0 saturated heterocycles. The van der Waals surface area contributed by atoms with Crippen LogP contribution in [0, 0.1) is 11.3 Å². The standard InChI is InChI=1S/C14H9ClN2/c15-13-8-12(10-17-14(13)9-16)7-6-11-4-2-1-3-5-11/h1-8,10H/b7-6+. The summed E-state index contributed by atoms with van der Waals surface area (Å²) in [6, 6.07) is 13.6. The van der Waals surface area contributed by atoms with Gasteiger partial charge in [-0.05, 0) is 17.2 Å². The molecular weight excluding hydrogens is 232 g/mol. The summed E-state index contributed by atoms with van der Waals surface area (Å²) in [7, 11) is 0. The molecular formula is C14H9ClN2. The minimum absolute atomic E-state index is 0.253. The van der Waals surface area contributed by atoms with Gasteiger partial charge in [-0.25, -0.2) is 4.98 Å². The fourth-order valence-corrected chi connectivity index (χ4v) is 1.60. The molecule has 2 nitrogen and oxygen atoms in total. The number of aromatic nitrogens is 1. The molecule has 82 valence electrons. The summed E-state index contributed by atoms with van der Waals surface area (Å²) < 4.78 is 0. The van der Waals surface area contributed by atoms with Crippen molar-refractivity contribution in [3.05, 3.63) is 64.4 Å². The van der Waals surface area contributed by atoms with Gasteiger partial charge in [-0.3, -0.25) is 0 Å². The summed E-state index contributed by atoms with van der Waals surface area (Å²) in [5.74, 6) is 0. The van der Waals surface area contributed by atoms with Crippen molar-refractivity contribution in [2.45, 2.75) is 0 Å². The van der Waals surface area contributed by atoms with E-state index in [4.69, 9.17) is 16.9 Å². The van der Waals surface area contributed by atoms with Crippen LogP contribution >= 0.6 is 11.6 Å². The van der Waals surface area contributed by atoms with E-state index >= 15 is 0 Å². The van der Waals surface area contributed by atoms with Crippen LogP contribution in [0.1, 0.15) is 16.8 Å². The van der Waals surface area contributed by atoms with Crippen LogP contribution in [0.5, 0.6) is 0 Å². The van der Waals surface area contributed by atoms with Gasteiger partial charge >= 0.3 is 0 Å². The van der Waals surface area contributed by atoms with Crippen molar-refractivity contribution in [3.8, 4) is 6.07 Å². The van der Waals surface area contributed by atoms with E-state index in [1.54, 1.807) is 12.3 Å². The molecule has 0 aliphatic carbocycles. The van der Waals surface area contributed by atoms with Crippen molar-refractivity contribution in [2.75, 3.05) is 0 Å². The molecule has 0 aliphatic rings. The monoisotopic (exact) mass is 240 g/mol. The Bertz CT molecular complexity index is 583. The molecule has 0 atom stereocenters. The highest BCUT2D eigenvalue weighted by atomic mass is 35.5. The maximum absolute atomic E-state index is 8.70. The highest BCUT2D eigenvalue weighted by Gasteiger charge is 2.00. The Morgan fingerprint density at radius 1 is 1.12 bits per heavy atom. The second kappa shape index (κ2) is 5.29. The molecule has 0 spiro atoms. The minimum Gasteiger partial charge on any atom is -0.243 e. The quantitative estimate of drug-likeness (QED) is 0.801. The lowest BCUT2D eigenvalue weighted by Gasteiger charge is -1.96. The molecule has 0 aliphatic heterocycles. The number of hydrogen-bond donors (Lipinski definition) is 0. The lowest BCUT2D eigenvalue weighted by Crippen LogP contribution is -1.84. The summed E-state index contributed by atoms with van der Waals surface area (Å²) in [6.45, 7) is 0. The maximum atomic E-state index is 8.70. The molecule has 3 heteroatoms. The molecule has 0 amide bonds. The molecule has 17 heavy (non-hydrogen) atoms. The van der Waals surface area contributed by atoms with Crippen molar-refractivity contribution >= 4 is 23.8 Å². The summed E-state index contributed by atoms with van der Waals surface area (Å²) >= 11 is 5.89.